The highest BCUT2D eigenvalue weighted by Gasteiger charge is 2.63. The van der Waals surface area contributed by atoms with Crippen LogP contribution in [0.3, 0.4) is 0 Å². The van der Waals surface area contributed by atoms with Gasteiger partial charge in [-0.15, -0.1) is 0 Å². The maximum Gasteiger partial charge on any atom is 0.0704 e. The van der Waals surface area contributed by atoms with Crippen molar-refractivity contribution in [1.29, 1.82) is 5.26 Å². The van der Waals surface area contributed by atoms with Crippen LogP contribution in [0.5, 0.6) is 0 Å². The number of nitriles is 1. The summed E-state index contributed by atoms with van der Waals surface area (Å²) in [4.78, 5) is 0. The molecule has 0 heterocycles. The number of aliphatic hydroxyl groups is 1. The second kappa shape index (κ2) is 11.5. The minimum atomic E-state index is -0.268. The van der Waals surface area contributed by atoms with Crippen LogP contribution in [0.4, 0.5) is 0 Å². The highest BCUT2D eigenvalue weighted by Crippen LogP contribution is 2.67. The molecular formula is C27H49NO3. The first kappa shape index (κ1) is 26.6. The fraction of sp³-hybridized carbons (Fsp3) is 0.963. The van der Waals surface area contributed by atoms with E-state index in [0.717, 1.165) is 25.7 Å². The molecule has 0 bridgehead atoms. The summed E-state index contributed by atoms with van der Waals surface area (Å²) in [5, 5.41) is 21.0. The molecule has 1 N–H and O–H groups in total. The van der Waals surface area contributed by atoms with Crippen molar-refractivity contribution in [2.24, 2.45) is 40.4 Å². The molecule has 0 amide bonds. The molecule has 0 aromatic heterocycles. The second-order valence-corrected chi connectivity index (χ2v) is 10.4. The highest BCUT2D eigenvalue weighted by atomic mass is 16.5. The molecule has 4 heteroatoms. The van der Waals surface area contributed by atoms with Gasteiger partial charge in [0, 0.05) is 7.11 Å². The summed E-state index contributed by atoms with van der Waals surface area (Å²) < 4.78 is 11.3. The van der Waals surface area contributed by atoms with Gasteiger partial charge in [-0.3, -0.25) is 0 Å². The molecule has 4 rings (SSSR count). The smallest absolute Gasteiger partial charge is 0.0704 e. The molecule has 0 radical (unpaired) electrons. The van der Waals surface area contributed by atoms with Gasteiger partial charge in [-0.1, -0.05) is 41.5 Å². The number of methoxy groups -OCH3 is 1. The zero-order valence-electron chi connectivity index (χ0n) is 21.3. The van der Waals surface area contributed by atoms with E-state index in [0.29, 0.717) is 43.0 Å². The van der Waals surface area contributed by atoms with Crippen LogP contribution in [0.25, 0.3) is 0 Å². The molecule has 0 aromatic rings. The van der Waals surface area contributed by atoms with Crippen LogP contribution >= 0.6 is 0 Å². The van der Waals surface area contributed by atoms with Gasteiger partial charge in [-0.05, 0) is 85.9 Å². The molecule has 9 atom stereocenters. The van der Waals surface area contributed by atoms with E-state index in [4.69, 9.17) is 9.47 Å². The predicted molar refractivity (Wildman–Crippen MR) is 127 cm³/mol. The Morgan fingerprint density at radius 3 is 2.23 bits per heavy atom. The van der Waals surface area contributed by atoms with Crippen molar-refractivity contribution >= 4 is 0 Å². The van der Waals surface area contributed by atoms with Crippen molar-refractivity contribution in [2.45, 2.75) is 105 Å². The summed E-state index contributed by atoms with van der Waals surface area (Å²) in [7, 11) is 1.72. The predicted octanol–water partition coefficient (Wildman–Crippen LogP) is 6.22. The molecule has 4 nitrogen and oxygen atoms in total. The van der Waals surface area contributed by atoms with Crippen molar-refractivity contribution < 1.29 is 14.6 Å². The van der Waals surface area contributed by atoms with Gasteiger partial charge in [0.25, 0.3) is 0 Å². The average Bonchev–Trinajstić information content (AvgIpc) is 3.11. The number of aliphatic hydroxyl groups excluding tert-OH is 1. The monoisotopic (exact) mass is 435 g/mol. The summed E-state index contributed by atoms with van der Waals surface area (Å²) in [6.45, 7) is 14.1. The van der Waals surface area contributed by atoms with Crippen molar-refractivity contribution in [3.63, 3.8) is 0 Å². The van der Waals surface area contributed by atoms with Crippen molar-refractivity contribution in [3.05, 3.63) is 0 Å². The van der Waals surface area contributed by atoms with Crippen LogP contribution in [0.15, 0.2) is 0 Å². The molecule has 4 aliphatic carbocycles. The van der Waals surface area contributed by atoms with E-state index in [2.05, 4.69) is 19.9 Å². The zero-order valence-corrected chi connectivity index (χ0v) is 21.3. The first-order valence-electron chi connectivity index (χ1n) is 13.1. The van der Waals surface area contributed by atoms with Crippen LogP contribution in [0.1, 0.15) is 92.9 Å². The lowest BCUT2D eigenvalue weighted by atomic mass is 9.44. The van der Waals surface area contributed by atoms with E-state index < -0.39 is 0 Å². The van der Waals surface area contributed by atoms with Gasteiger partial charge in [-0.2, -0.15) is 5.26 Å². The molecule has 4 aliphatic rings. The Labute approximate surface area is 192 Å². The minimum Gasteiger partial charge on any atom is -0.393 e. The van der Waals surface area contributed by atoms with E-state index >= 15 is 0 Å². The molecule has 4 fully saturated rings. The summed E-state index contributed by atoms with van der Waals surface area (Å²) in [6, 6.07) is 2.58. The summed E-state index contributed by atoms with van der Waals surface area (Å²) in [6.07, 6.45) is 9.04. The maximum atomic E-state index is 11.4. The molecule has 0 aromatic carbocycles. The first-order valence-corrected chi connectivity index (χ1v) is 13.1. The Morgan fingerprint density at radius 1 is 0.903 bits per heavy atom. The maximum absolute atomic E-state index is 11.4. The fourth-order valence-electron chi connectivity index (χ4n) is 8.09. The molecule has 0 spiro atoms. The van der Waals surface area contributed by atoms with E-state index in [-0.39, 0.29) is 22.9 Å². The minimum absolute atomic E-state index is 0.0154. The highest BCUT2D eigenvalue weighted by molar-refractivity contribution is 5.14. The van der Waals surface area contributed by atoms with Crippen LogP contribution in [-0.2, 0) is 9.47 Å². The number of hydrogen-bond acceptors (Lipinski definition) is 4. The number of ether oxygens (including phenoxy) is 2. The van der Waals surface area contributed by atoms with Gasteiger partial charge in [0.05, 0.1) is 37.4 Å². The Kier molecular flexibility index (Phi) is 9.86. The Balaban J connectivity index is 0.000000807. The average molecular weight is 436 g/mol. The third-order valence-corrected chi connectivity index (χ3v) is 9.30. The lowest BCUT2D eigenvalue weighted by molar-refractivity contribution is -0.183. The summed E-state index contributed by atoms with van der Waals surface area (Å²) in [5.74, 6) is 2.41. The standard InChI is InChI=1S/C23H37NO3.2C2H6/c1-22-13-20(25)21-18(19(22)9-6-16(22)14-24)8-5-15-4-7-17(12-23(15,21)2)27-11-10-26-3;2*1-2/h15-21,25H,4-13H2,1-3H3;2*1-2H3. The summed E-state index contributed by atoms with van der Waals surface area (Å²) >= 11 is 0. The topological polar surface area (TPSA) is 62.5 Å². The molecular weight excluding hydrogens is 386 g/mol. The van der Waals surface area contributed by atoms with Crippen LogP contribution in [-0.4, -0.2) is 37.6 Å². The number of nitrogens with zero attached hydrogens (tertiary/aromatic N) is 1. The number of hydrogen-bond donors (Lipinski definition) is 1. The van der Waals surface area contributed by atoms with Gasteiger partial charge >= 0.3 is 0 Å². The molecule has 180 valence electrons. The largest absolute Gasteiger partial charge is 0.393 e. The first-order chi connectivity index (χ1) is 14.9. The van der Waals surface area contributed by atoms with Crippen LogP contribution in [0, 0.1) is 51.8 Å². The van der Waals surface area contributed by atoms with Gasteiger partial charge in [0.1, 0.15) is 0 Å². The third-order valence-electron chi connectivity index (χ3n) is 9.30. The molecule has 31 heavy (non-hydrogen) atoms. The van der Waals surface area contributed by atoms with Crippen LogP contribution < -0.4 is 0 Å². The zero-order chi connectivity index (χ0) is 23.2. The Morgan fingerprint density at radius 2 is 1.58 bits per heavy atom. The summed E-state index contributed by atoms with van der Waals surface area (Å²) in [5.41, 5.74) is 0.186. The van der Waals surface area contributed by atoms with E-state index in [1.54, 1.807) is 7.11 Å². The fourth-order valence-corrected chi connectivity index (χ4v) is 8.09. The molecule has 0 aliphatic heterocycles. The van der Waals surface area contributed by atoms with Gasteiger partial charge < -0.3 is 14.6 Å². The Bertz CT molecular complexity index is 588. The third kappa shape index (κ3) is 4.85. The van der Waals surface area contributed by atoms with Crippen molar-refractivity contribution in [3.8, 4) is 6.07 Å². The van der Waals surface area contributed by atoms with Gasteiger partial charge in [0.15, 0.2) is 0 Å². The van der Waals surface area contributed by atoms with Crippen LogP contribution in [0.2, 0.25) is 0 Å². The Hall–Kier alpha value is -0.630. The van der Waals surface area contributed by atoms with Gasteiger partial charge in [0.2, 0.25) is 0 Å². The lowest BCUT2D eigenvalue weighted by Gasteiger charge is -2.62. The quantitative estimate of drug-likeness (QED) is 0.532. The van der Waals surface area contributed by atoms with Crippen molar-refractivity contribution in [1.82, 2.24) is 0 Å². The lowest BCUT2D eigenvalue weighted by Crippen LogP contribution is -2.59. The van der Waals surface area contributed by atoms with Crippen molar-refractivity contribution in [2.75, 3.05) is 20.3 Å². The van der Waals surface area contributed by atoms with E-state index in [9.17, 15) is 10.4 Å². The molecule has 0 saturated heterocycles. The normalized spacial score (nSPS) is 45.5. The number of rotatable bonds is 4. The SMILES string of the molecule is CC.CC.COCCOC1CCC2CCC3C4CCC(C#N)C4(C)CC(O)C3C2(C)C1. The number of fused-ring (bicyclic) bond motifs is 5. The second-order valence-electron chi connectivity index (χ2n) is 10.4. The molecule has 9 unspecified atom stereocenters. The van der Waals surface area contributed by atoms with E-state index in [1.807, 2.05) is 27.7 Å². The molecule has 4 saturated carbocycles. The van der Waals surface area contributed by atoms with Gasteiger partial charge in [-0.25, -0.2) is 0 Å². The van der Waals surface area contributed by atoms with E-state index in [1.165, 1.54) is 25.7 Å².